The zero-order valence-corrected chi connectivity index (χ0v) is 14.3. The van der Waals surface area contributed by atoms with Crippen LogP contribution in [0.4, 0.5) is 0 Å². The zero-order valence-electron chi connectivity index (χ0n) is 13.5. The maximum atomic E-state index is 12.2. The fraction of sp³-hybridized carbons (Fsp3) is 0.350. The first kappa shape index (κ1) is 17.0. The minimum atomic E-state index is -0.944. The Bertz CT molecular complexity index is 702. The van der Waals surface area contributed by atoms with Gasteiger partial charge in [-0.15, -0.1) is 0 Å². The number of aliphatic hydroxyl groups is 1. The van der Waals surface area contributed by atoms with Gasteiger partial charge in [-0.1, -0.05) is 48.0 Å². The Kier molecular flexibility index (Phi) is 5.54. The molecule has 0 saturated carbocycles. The van der Waals surface area contributed by atoms with Crippen LogP contribution in [0.15, 0.2) is 48.5 Å². The SMILES string of the molecule is O=C(NC1Cc2ccc(Cl)cc2C1)C(O)CCCc1ccccc1. The van der Waals surface area contributed by atoms with Crippen molar-refractivity contribution in [2.24, 2.45) is 0 Å². The van der Waals surface area contributed by atoms with Crippen LogP contribution < -0.4 is 5.32 Å². The van der Waals surface area contributed by atoms with Gasteiger partial charge in [0.1, 0.15) is 6.10 Å². The molecule has 0 aromatic heterocycles. The van der Waals surface area contributed by atoms with Crippen molar-refractivity contribution in [2.75, 3.05) is 0 Å². The maximum Gasteiger partial charge on any atom is 0.249 e. The van der Waals surface area contributed by atoms with Crippen LogP contribution in [0.1, 0.15) is 29.5 Å². The molecule has 0 saturated heterocycles. The molecule has 0 bridgehead atoms. The standard InChI is InChI=1S/C20H22ClNO2/c21-17-10-9-15-12-18(13-16(15)11-17)22-20(24)19(23)8-4-7-14-5-2-1-3-6-14/h1-3,5-6,9-11,18-19,23H,4,7-8,12-13H2,(H,22,24). The highest BCUT2D eigenvalue weighted by Crippen LogP contribution is 2.25. The van der Waals surface area contributed by atoms with E-state index in [1.807, 2.05) is 36.4 Å². The Hall–Kier alpha value is -1.84. The van der Waals surface area contributed by atoms with Crippen LogP contribution in [-0.4, -0.2) is 23.2 Å². The first-order valence-electron chi connectivity index (χ1n) is 8.41. The maximum absolute atomic E-state index is 12.2. The van der Waals surface area contributed by atoms with Crippen LogP contribution in [-0.2, 0) is 24.1 Å². The molecule has 0 radical (unpaired) electrons. The van der Waals surface area contributed by atoms with Crippen LogP contribution in [0.3, 0.4) is 0 Å². The van der Waals surface area contributed by atoms with Crippen molar-refractivity contribution in [3.63, 3.8) is 0 Å². The summed E-state index contributed by atoms with van der Waals surface area (Å²) in [5.74, 6) is -0.271. The number of halogens is 1. The molecule has 1 aliphatic carbocycles. The molecule has 2 unspecified atom stereocenters. The number of rotatable bonds is 6. The Morgan fingerprint density at radius 3 is 2.71 bits per heavy atom. The molecule has 0 spiro atoms. The summed E-state index contributed by atoms with van der Waals surface area (Å²) in [5, 5.41) is 13.8. The highest BCUT2D eigenvalue weighted by atomic mass is 35.5. The number of benzene rings is 2. The highest BCUT2D eigenvalue weighted by Gasteiger charge is 2.25. The highest BCUT2D eigenvalue weighted by molar-refractivity contribution is 6.30. The van der Waals surface area contributed by atoms with Crippen LogP contribution >= 0.6 is 11.6 Å². The summed E-state index contributed by atoms with van der Waals surface area (Å²) in [7, 11) is 0. The fourth-order valence-electron chi connectivity index (χ4n) is 3.26. The average Bonchev–Trinajstić information content (AvgIpc) is 2.97. The fourth-order valence-corrected chi connectivity index (χ4v) is 3.46. The quantitative estimate of drug-likeness (QED) is 0.845. The van der Waals surface area contributed by atoms with E-state index in [9.17, 15) is 9.90 Å². The van der Waals surface area contributed by atoms with Gasteiger partial charge in [-0.2, -0.15) is 0 Å². The Morgan fingerprint density at radius 2 is 1.92 bits per heavy atom. The number of hydrogen-bond donors (Lipinski definition) is 2. The predicted octanol–water partition coefficient (Wildman–Crippen LogP) is 3.31. The molecule has 2 aromatic rings. The van der Waals surface area contributed by atoms with Gasteiger partial charge in [-0.05, 0) is 60.9 Å². The van der Waals surface area contributed by atoms with Crippen LogP contribution in [0.2, 0.25) is 5.02 Å². The minimum Gasteiger partial charge on any atom is -0.383 e. The molecule has 3 rings (SSSR count). The number of aryl methyl sites for hydroxylation is 1. The molecular weight excluding hydrogens is 322 g/mol. The molecular formula is C20H22ClNO2. The molecule has 1 amide bonds. The summed E-state index contributed by atoms with van der Waals surface area (Å²) in [5.41, 5.74) is 3.64. The molecule has 1 aliphatic rings. The molecule has 3 nitrogen and oxygen atoms in total. The number of fused-ring (bicyclic) bond motifs is 1. The molecule has 126 valence electrons. The average molecular weight is 344 g/mol. The normalized spacial score (nSPS) is 17.3. The van der Waals surface area contributed by atoms with Gasteiger partial charge in [0.25, 0.3) is 0 Å². The molecule has 0 aliphatic heterocycles. The van der Waals surface area contributed by atoms with E-state index in [2.05, 4.69) is 17.4 Å². The summed E-state index contributed by atoms with van der Waals surface area (Å²) >= 11 is 6.01. The lowest BCUT2D eigenvalue weighted by molar-refractivity contribution is -0.130. The third-order valence-corrected chi connectivity index (χ3v) is 4.77. The van der Waals surface area contributed by atoms with Gasteiger partial charge in [0.05, 0.1) is 0 Å². The number of carbonyl (C=O) groups excluding carboxylic acids is 1. The smallest absolute Gasteiger partial charge is 0.249 e. The lowest BCUT2D eigenvalue weighted by atomic mass is 10.1. The topological polar surface area (TPSA) is 49.3 Å². The number of amides is 1. The van der Waals surface area contributed by atoms with Gasteiger partial charge < -0.3 is 10.4 Å². The molecule has 0 heterocycles. The summed E-state index contributed by atoms with van der Waals surface area (Å²) in [4.78, 5) is 12.2. The van der Waals surface area contributed by atoms with Gasteiger partial charge in [0.2, 0.25) is 5.91 Å². The van der Waals surface area contributed by atoms with E-state index in [0.29, 0.717) is 6.42 Å². The van der Waals surface area contributed by atoms with Crippen molar-refractivity contribution in [1.82, 2.24) is 5.32 Å². The first-order chi connectivity index (χ1) is 11.6. The Labute approximate surface area is 147 Å². The van der Waals surface area contributed by atoms with E-state index >= 15 is 0 Å². The number of nitrogens with one attached hydrogen (secondary N) is 1. The number of hydrogen-bond acceptors (Lipinski definition) is 2. The lowest BCUT2D eigenvalue weighted by Gasteiger charge is -2.16. The van der Waals surface area contributed by atoms with Crippen LogP contribution in [0, 0.1) is 0 Å². The van der Waals surface area contributed by atoms with Crippen LogP contribution in [0.5, 0.6) is 0 Å². The van der Waals surface area contributed by atoms with Gasteiger partial charge in [-0.25, -0.2) is 0 Å². The summed E-state index contributed by atoms with van der Waals surface area (Å²) in [6, 6.07) is 16.0. The third kappa shape index (κ3) is 4.37. The van der Waals surface area contributed by atoms with Crippen molar-refractivity contribution >= 4 is 17.5 Å². The summed E-state index contributed by atoms with van der Waals surface area (Å²) in [6.07, 6.45) is 2.78. The second-order valence-corrected chi connectivity index (χ2v) is 6.86. The van der Waals surface area contributed by atoms with Gasteiger partial charge in [-0.3, -0.25) is 4.79 Å². The van der Waals surface area contributed by atoms with Crippen molar-refractivity contribution in [3.8, 4) is 0 Å². The van der Waals surface area contributed by atoms with E-state index in [1.54, 1.807) is 0 Å². The molecule has 2 aromatic carbocycles. The van der Waals surface area contributed by atoms with Crippen molar-refractivity contribution in [3.05, 3.63) is 70.2 Å². The predicted molar refractivity (Wildman–Crippen MR) is 96.2 cm³/mol. The lowest BCUT2D eigenvalue weighted by Crippen LogP contribution is -2.41. The van der Waals surface area contributed by atoms with E-state index in [0.717, 1.165) is 30.7 Å². The number of carbonyl (C=O) groups is 1. The molecule has 24 heavy (non-hydrogen) atoms. The first-order valence-corrected chi connectivity index (χ1v) is 8.79. The van der Waals surface area contributed by atoms with Gasteiger partial charge in [0.15, 0.2) is 0 Å². The van der Waals surface area contributed by atoms with E-state index in [4.69, 9.17) is 11.6 Å². The summed E-state index contributed by atoms with van der Waals surface area (Å²) in [6.45, 7) is 0. The van der Waals surface area contributed by atoms with E-state index in [-0.39, 0.29) is 11.9 Å². The van der Waals surface area contributed by atoms with Crippen molar-refractivity contribution in [2.45, 2.75) is 44.2 Å². The van der Waals surface area contributed by atoms with E-state index in [1.165, 1.54) is 16.7 Å². The van der Waals surface area contributed by atoms with Crippen LogP contribution in [0.25, 0.3) is 0 Å². The largest absolute Gasteiger partial charge is 0.383 e. The second kappa shape index (κ2) is 7.82. The van der Waals surface area contributed by atoms with Gasteiger partial charge >= 0.3 is 0 Å². The zero-order chi connectivity index (χ0) is 16.9. The summed E-state index contributed by atoms with van der Waals surface area (Å²) < 4.78 is 0. The monoisotopic (exact) mass is 343 g/mol. The Balaban J connectivity index is 1.44. The van der Waals surface area contributed by atoms with Gasteiger partial charge in [0, 0.05) is 11.1 Å². The van der Waals surface area contributed by atoms with Crippen molar-refractivity contribution in [1.29, 1.82) is 0 Å². The molecule has 2 atom stereocenters. The Morgan fingerprint density at radius 1 is 1.17 bits per heavy atom. The van der Waals surface area contributed by atoms with Crippen molar-refractivity contribution < 1.29 is 9.90 Å². The third-order valence-electron chi connectivity index (χ3n) is 4.54. The second-order valence-electron chi connectivity index (χ2n) is 6.42. The minimum absolute atomic E-state index is 0.0507. The molecule has 4 heteroatoms. The number of aliphatic hydroxyl groups excluding tert-OH is 1. The molecule has 0 fully saturated rings. The molecule has 2 N–H and O–H groups in total. The van der Waals surface area contributed by atoms with E-state index < -0.39 is 6.10 Å².